The highest BCUT2D eigenvalue weighted by Crippen LogP contribution is 2.22. The number of benzene rings is 2. The van der Waals surface area contributed by atoms with Gasteiger partial charge in [0.1, 0.15) is 6.54 Å². The van der Waals surface area contributed by atoms with Crippen LogP contribution in [0.3, 0.4) is 0 Å². The number of para-hydroxylation sites is 1. The SMILES string of the molecule is CCOC(=O)c1cccc(N=Cc2cn(CC(=O)N3CCOCC3)c3ccccc23)c1. The van der Waals surface area contributed by atoms with Crippen LogP contribution in [0.5, 0.6) is 0 Å². The maximum atomic E-state index is 12.7. The molecule has 7 heteroatoms. The maximum absolute atomic E-state index is 12.7. The van der Waals surface area contributed by atoms with Crippen molar-refractivity contribution in [2.75, 3.05) is 32.9 Å². The van der Waals surface area contributed by atoms with Gasteiger partial charge in [-0.1, -0.05) is 24.3 Å². The third-order valence-corrected chi connectivity index (χ3v) is 5.20. The Morgan fingerprint density at radius 2 is 1.94 bits per heavy atom. The molecule has 0 spiro atoms. The van der Waals surface area contributed by atoms with E-state index in [0.717, 1.165) is 16.5 Å². The molecule has 31 heavy (non-hydrogen) atoms. The van der Waals surface area contributed by atoms with Gasteiger partial charge in [0.2, 0.25) is 5.91 Å². The van der Waals surface area contributed by atoms with Crippen molar-refractivity contribution in [1.29, 1.82) is 0 Å². The summed E-state index contributed by atoms with van der Waals surface area (Å²) in [4.78, 5) is 31.1. The zero-order valence-corrected chi connectivity index (χ0v) is 17.5. The van der Waals surface area contributed by atoms with Crippen molar-refractivity contribution >= 4 is 34.7 Å². The second-order valence-electron chi connectivity index (χ2n) is 7.25. The predicted molar refractivity (Wildman–Crippen MR) is 119 cm³/mol. The van der Waals surface area contributed by atoms with Crippen LogP contribution in [0.2, 0.25) is 0 Å². The summed E-state index contributed by atoms with van der Waals surface area (Å²) in [5.74, 6) is -0.285. The number of rotatable bonds is 6. The number of amides is 1. The van der Waals surface area contributed by atoms with Crippen LogP contribution >= 0.6 is 0 Å². The van der Waals surface area contributed by atoms with E-state index in [1.54, 1.807) is 31.3 Å². The lowest BCUT2D eigenvalue weighted by Crippen LogP contribution is -2.42. The third-order valence-electron chi connectivity index (χ3n) is 5.20. The molecular formula is C24H25N3O4. The molecule has 0 aliphatic carbocycles. The van der Waals surface area contributed by atoms with Crippen LogP contribution in [-0.2, 0) is 20.8 Å². The summed E-state index contributed by atoms with van der Waals surface area (Å²) in [7, 11) is 0. The molecule has 1 saturated heterocycles. The largest absolute Gasteiger partial charge is 0.462 e. The number of aromatic nitrogens is 1. The van der Waals surface area contributed by atoms with Crippen LogP contribution in [-0.4, -0.2) is 60.5 Å². The van der Waals surface area contributed by atoms with Crippen LogP contribution in [0.4, 0.5) is 5.69 Å². The molecule has 1 aromatic heterocycles. The molecule has 160 valence electrons. The number of morpholine rings is 1. The Hall–Kier alpha value is -3.45. The Kier molecular flexibility index (Phi) is 6.43. The van der Waals surface area contributed by atoms with Crippen molar-refractivity contribution in [2.45, 2.75) is 13.5 Å². The van der Waals surface area contributed by atoms with Crippen LogP contribution in [0, 0.1) is 0 Å². The highest BCUT2D eigenvalue weighted by molar-refractivity contribution is 6.00. The Morgan fingerprint density at radius 3 is 2.74 bits per heavy atom. The van der Waals surface area contributed by atoms with Crippen LogP contribution in [0.15, 0.2) is 59.7 Å². The fourth-order valence-electron chi connectivity index (χ4n) is 3.64. The van der Waals surface area contributed by atoms with E-state index >= 15 is 0 Å². The standard InChI is InChI=1S/C24H25N3O4/c1-2-31-24(29)18-6-5-7-20(14-18)25-15-19-16-27(22-9-4-3-8-21(19)22)17-23(28)26-10-12-30-13-11-26/h3-9,14-16H,2,10-13,17H2,1H3. The molecule has 7 nitrogen and oxygen atoms in total. The summed E-state index contributed by atoms with van der Waals surface area (Å²) in [5, 5.41) is 1.02. The smallest absolute Gasteiger partial charge is 0.338 e. The number of nitrogens with zero attached hydrogens (tertiary/aromatic N) is 3. The van der Waals surface area contributed by atoms with Gasteiger partial charge < -0.3 is 18.9 Å². The first-order chi connectivity index (χ1) is 15.2. The topological polar surface area (TPSA) is 73.1 Å². The second-order valence-corrected chi connectivity index (χ2v) is 7.25. The van der Waals surface area contributed by atoms with Gasteiger partial charge >= 0.3 is 5.97 Å². The molecule has 1 amide bonds. The van der Waals surface area contributed by atoms with Crippen LogP contribution in [0.1, 0.15) is 22.8 Å². The Morgan fingerprint density at radius 1 is 1.13 bits per heavy atom. The third kappa shape index (κ3) is 4.83. The average Bonchev–Trinajstić information content (AvgIpc) is 3.16. The Bertz CT molecular complexity index is 1110. The summed E-state index contributed by atoms with van der Waals surface area (Å²) >= 11 is 0. The number of fused-ring (bicyclic) bond motifs is 1. The molecule has 0 atom stereocenters. The Labute approximate surface area is 180 Å². The Balaban J connectivity index is 1.58. The summed E-state index contributed by atoms with van der Waals surface area (Å²) < 4.78 is 12.4. The van der Waals surface area contributed by atoms with Gasteiger partial charge in [0.15, 0.2) is 0 Å². The average molecular weight is 419 g/mol. The van der Waals surface area contributed by atoms with E-state index < -0.39 is 0 Å². The number of aliphatic imine (C=N–C) groups is 1. The molecular weight excluding hydrogens is 394 g/mol. The number of esters is 1. The van der Waals surface area contributed by atoms with Crippen molar-refractivity contribution in [3.63, 3.8) is 0 Å². The van der Waals surface area contributed by atoms with E-state index in [0.29, 0.717) is 44.2 Å². The first-order valence-corrected chi connectivity index (χ1v) is 10.4. The van der Waals surface area contributed by atoms with Gasteiger partial charge in [-0.15, -0.1) is 0 Å². The first-order valence-electron chi connectivity index (χ1n) is 10.4. The molecule has 1 aliphatic rings. The summed E-state index contributed by atoms with van der Waals surface area (Å²) in [5.41, 5.74) is 3.01. The molecule has 2 aromatic carbocycles. The summed E-state index contributed by atoms with van der Waals surface area (Å²) in [6, 6.07) is 15.0. The van der Waals surface area contributed by atoms with Crippen molar-refractivity contribution < 1.29 is 19.1 Å². The molecule has 3 aromatic rings. The van der Waals surface area contributed by atoms with Crippen molar-refractivity contribution in [3.8, 4) is 0 Å². The molecule has 4 rings (SSSR count). The van der Waals surface area contributed by atoms with Gasteiger partial charge in [-0.3, -0.25) is 9.79 Å². The monoisotopic (exact) mass is 419 g/mol. The van der Waals surface area contributed by atoms with Gasteiger partial charge in [-0.2, -0.15) is 0 Å². The van der Waals surface area contributed by atoms with Gasteiger partial charge in [0.25, 0.3) is 0 Å². The molecule has 2 heterocycles. The lowest BCUT2D eigenvalue weighted by atomic mass is 10.2. The molecule has 0 radical (unpaired) electrons. The normalized spacial score (nSPS) is 14.3. The second kappa shape index (κ2) is 9.57. The van der Waals surface area contributed by atoms with Crippen LogP contribution < -0.4 is 0 Å². The van der Waals surface area contributed by atoms with E-state index in [2.05, 4.69) is 4.99 Å². The molecule has 0 bridgehead atoms. The minimum absolute atomic E-state index is 0.0784. The lowest BCUT2D eigenvalue weighted by molar-refractivity contribution is -0.135. The fraction of sp³-hybridized carbons (Fsp3) is 0.292. The zero-order valence-electron chi connectivity index (χ0n) is 17.5. The minimum Gasteiger partial charge on any atom is -0.462 e. The van der Waals surface area contributed by atoms with E-state index in [9.17, 15) is 9.59 Å². The van der Waals surface area contributed by atoms with Crippen molar-refractivity contribution in [2.24, 2.45) is 4.99 Å². The fourth-order valence-corrected chi connectivity index (χ4v) is 3.64. The highest BCUT2D eigenvalue weighted by Gasteiger charge is 2.18. The molecule has 0 N–H and O–H groups in total. The van der Waals surface area contributed by atoms with E-state index in [1.165, 1.54) is 0 Å². The van der Waals surface area contributed by atoms with Crippen LogP contribution in [0.25, 0.3) is 10.9 Å². The van der Waals surface area contributed by atoms with E-state index in [1.807, 2.05) is 46.0 Å². The van der Waals surface area contributed by atoms with Gasteiger partial charge in [-0.25, -0.2) is 4.79 Å². The highest BCUT2D eigenvalue weighted by atomic mass is 16.5. The van der Waals surface area contributed by atoms with Gasteiger partial charge in [0.05, 0.1) is 31.1 Å². The number of carbonyl (C=O) groups is 2. The van der Waals surface area contributed by atoms with E-state index in [4.69, 9.17) is 9.47 Å². The number of hydrogen-bond acceptors (Lipinski definition) is 5. The number of ether oxygens (including phenoxy) is 2. The number of carbonyl (C=O) groups excluding carboxylic acids is 2. The van der Waals surface area contributed by atoms with E-state index in [-0.39, 0.29) is 18.4 Å². The lowest BCUT2D eigenvalue weighted by Gasteiger charge is -2.27. The molecule has 1 fully saturated rings. The quantitative estimate of drug-likeness (QED) is 0.453. The van der Waals surface area contributed by atoms with Crippen molar-refractivity contribution in [1.82, 2.24) is 9.47 Å². The zero-order chi connectivity index (χ0) is 21.6. The maximum Gasteiger partial charge on any atom is 0.338 e. The molecule has 0 saturated carbocycles. The van der Waals surface area contributed by atoms with Gasteiger partial charge in [-0.05, 0) is 31.2 Å². The predicted octanol–water partition coefficient (Wildman–Crippen LogP) is 3.43. The van der Waals surface area contributed by atoms with Gasteiger partial charge in [0, 0.05) is 42.0 Å². The number of hydrogen-bond donors (Lipinski definition) is 0. The van der Waals surface area contributed by atoms with Crippen molar-refractivity contribution in [3.05, 3.63) is 65.9 Å². The summed E-state index contributed by atoms with van der Waals surface area (Å²) in [6.45, 7) is 4.80. The minimum atomic E-state index is -0.363. The summed E-state index contributed by atoms with van der Waals surface area (Å²) in [6.07, 6.45) is 3.71. The molecule has 1 aliphatic heterocycles. The molecule has 0 unspecified atom stereocenters. The first kappa shape index (κ1) is 20.8.